The molecule has 0 aliphatic carbocycles. The molecule has 1 aliphatic rings. The van der Waals surface area contributed by atoms with Gasteiger partial charge in [-0.3, -0.25) is 19.5 Å². The van der Waals surface area contributed by atoms with E-state index in [9.17, 15) is 9.59 Å². The Morgan fingerprint density at radius 1 is 1.13 bits per heavy atom. The molecule has 3 aromatic rings. The lowest BCUT2D eigenvalue weighted by molar-refractivity contribution is -0.123. The maximum atomic E-state index is 12.3. The van der Waals surface area contributed by atoms with Gasteiger partial charge in [0.25, 0.3) is 0 Å². The summed E-state index contributed by atoms with van der Waals surface area (Å²) in [7, 11) is 0. The van der Waals surface area contributed by atoms with Gasteiger partial charge in [-0.25, -0.2) is 4.98 Å². The molecule has 2 amide bonds. The zero-order chi connectivity index (χ0) is 15.8. The number of amides is 2. The summed E-state index contributed by atoms with van der Waals surface area (Å²) in [4.78, 5) is 28.8. The van der Waals surface area contributed by atoms with E-state index in [1.54, 1.807) is 4.57 Å². The first-order valence-electron chi connectivity index (χ1n) is 7.35. The Bertz CT molecular complexity index is 901. The first-order valence-corrected chi connectivity index (χ1v) is 7.35. The number of hydrogen-bond donors (Lipinski definition) is 2. The predicted molar refractivity (Wildman–Crippen MR) is 87.1 cm³/mol. The van der Waals surface area contributed by atoms with Gasteiger partial charge in [0.15, 0.2) is 0 Å². The van der Waals surface area contributed by atoms with Gasteiger partial charge in [0.2, 0.25) is 17.8 Å². The van der Waals surface area contributed by atoms with Crippen LogP contribution < -0.4 is 10.6 Å². The van der Waals surface area contributed by atoms with E-state index < -0.39 is 6.04 Å². The third-order valence-corrected chi connectivity index (χ3v) is 3.88. The van der Waals surface area contributed by atoms with Crippen molar-refractivity contribution in [2.45, 2.75) is 12.5 Å². The fourth-order valence-corrected chi connectivity index (χ4v) is 2.85. The molecule has 0 saturated carbocycles. The number of anilines is 2. The summed E-state index contributed by atoms with van der Waals surface area (Å²) in [6, 6.07) is 16.2. The van der Waals surface area contributed by atoms with Crippen LogP contribution in [0.25, 0.3) is 11.0 Å². The number of carbonyl (C=O) groups is 2. The van der Waals surface area contributed by atoms with Gasteiger partial charge in [-0.1, -0.05) is 30.3 Å². The molecule has 1 unspecified atom stereocenters. The molecular weight excluding hydrogens is 292 g/mol. The second-order valence-electron chi connectivity index (χ2n) is 5.42. The largest absolute Gasteiger partial charge is 0.326 e. The monoisotopic (exact) mass is 306 g/mol. The van der Waals surface area contributed by atoms with Crippen molar-refractivity contribution in [2.75, 3.05) is 10.6 Å². The zero-order valence-electron chi connectivity index (χ0n) is 12.2. The topological polar surface area (TPSA) is 76.0 Å². The fourth-order valence-electron chi connectivity index (χ4n) is 2.85. The standard InChI is InChI=1S/C17H14N4O2/c22-15(18-11-6-2-1-3-7-11)10-14-16(23)20-17-19-12-8-4-5-9-13(12)21(14)17/h1-9,14H,10H2,(H,18,22)(H,19,20,23). The fraction of sp³-hybridized carbons (Fsp3) is 0.118. The number of aromatic nitrogens is 2. The Balaban J connectivity index is 1.60. The lowest BCUT2D eigenvalue weighted by Crippen LogP contribution is -2.23. The maximum absolute atomic E-state index is 12.3. The molecule has 1 aromatic heterocycles. The molecular formula is C17H14N4O2. The van der Waals surface area contributed by atoms with E-state index in [1.165, 1.54) is 0 Å². The number of nitrogens with one attached hydrogen (secondary N) is 2. The van der Waals surface area contributed by atoms with Crippen LogP contribution in [-0.4, -0.2) is 21.4 Å². The second kappa shape index (κ2) is 5.24. The molecule has 0 bridgehead atoms. The molecule has 1 aliphatic heterocycles. The Hall–Kier alpha value is -3.15. The van der Waals surface area contributed by atoms with Crippen LogP contribution in [0.4, 0.5) is 11.6 Å². The molecule has 0 saturated heterocycles. The van der Waals surface area contributed by atoms with Gasteiger partial charge in [-0.2, -0.15) is 0 Å². The number of benzene rings is 2. The number of hydrogen-bond acceptors (Lipinski definition) is 3. The maximum Gasteiger partial charge on any atom is 0.250 e. The summed E-state index contributed by atoms with van der Waals surface area (Å²) in [5.41, 5.74) is 2.36. The minimum absolute atomic E-state index is 0.0636. The summed E-state index contributed by atoms with van der Waals surface area (Å²) in [5.74, 6) is 0.0807. The Kier molecular flexibility index (Phi) is 3.08. The van der Waals surface area contributed by atoms with Gasteiger partial charge in [0.05, 0.1) is 17.5 Å². The molecule has 6 nitrogen and oxygen atoms in total. The Labute approximate surface area is 132 Å². The Morgan fingerprint density at radius 3 is 2.70 bits per heavy atom. The molecule has 2 heterocycles. The molecule has 0 spiro atoms. The molecule has 0 fully saturated rings. The van der Waals surface area contributed by atoms with Crippen molar-refractivity contribution in [3.05, 3.63) is 54.6 Å². The highest BCUT2D eigenvalue weighted by Gasteiger charge is 2.34. The summed E-state index contributed by atoms with van der Waals surface area (Å²) in [6.45, 7) is 0. The molecule has 23 heavy (non-hydrogen) atoms. The second-order valence-corrected chi connectivity index (χ2v) is 5.42. The van der Waals surface area contributed by atoms with E-state index in [1.807, 2.05) is 54.6 Å². The molecule has 6 heteroatoms. The van der Waals surface area contributed by atoms with Crippen molar-refractivity contribution < 1.29 is 9.59 Å². The van der Waals surface area contributed by atoms with Crippen LogP contribution in [0.5, 0.6) is 0 Å². The zero-order valence-corrected chi connectivity index (χ0v) is 12.2. The smallest absolute Gasteiger partial charge is 0.250 e. The van der Waals surface area contributed by atoms with Crippen LogP contribution in [0.2, 0.25) is 0 Å². The number of imidazole rings is 1. The highest BCUT2D eigenvalue weighted by Crippen LogP contribution is 2.32. The molecule has 4 rings (SSSR count). The molecule has 114 valence electrons. The predicted octanol–water partition coefficient (Wildman–Crippen LogP) is 2.56. The lowest BCUT2D eigenvalue weighted by atomic mass is 10.1. The van der Waals surface area contributed by atoms with Crippen molar-refractivity contribution in [2.24, 2.45) is 0 Å². The highest BCUT2D eigenvalue weighted by molar-refractivity contribution is 6.03. The number of nitrogens with zero attached hydrogens (tertiary/aromatic N) is 2. The number of para-hydroxylation sites is 3. The summed E-state index contributed by atoms with van der Waals surface area (Å²) in [6.07, 6.45) is 0.0636. The third kappa shape index (κ3) is 2.34. The first kappa shape index (κ1) is 13.5. The lowest BCUT2D eigenvalue weighted by Gasteiger charge is -2.11. The van der Waals surface area contributed by atoms with E-state index in [-0.39, 0.29) is 18.2 Å². The van der Waals surface area contributed by atoms with Crippen molar-refractivity contribution in [3.63, 3.8) is 0 Å². The molecule has 1 atom stereocenters. The highest BCUT2D eigenvalue weighted by atomic mass is 16.2. The minimum Gasteiger partial charge on any atom is -0.326 e. The van der Waals surface area contributed by atoms with Crippen LogP contribution in [0.1, 0.15) is 12.5 Å². The van der Waals surface area contributed by atoms with Crippen molar-refractivity contribution in [1.82, 2.24) is 9.55 Å². The van der Waals surface area contributed by atoms with Gasteiger partial charge in [0, 0.05) is 5.69 Å². The van der Waals surface area contributed by atoms with Gasteiger partial charge in [0.1, 0.15) is 6.04 Å². The SMILES string of the molecule is O=C(CC1C(=O)Nc2nc3ccccc3n21)Nc1ccccc1. The van der Waals surface area contributed by atoms with Crippen molar-refractivity contribution in [3.8, 4) is 0 Å². The molecule has 2 aromatic carbocycles. The van der Waals surface area contributed by atoms with E-state index in [2.05, 4.69) is 15.6 Å². The van der Waals surface area contributed by atoms with E-state index >= 15 is 0 Å². The summed E-state index contributed by atoms with van der Waals surface area (Å²) >= 11 is 0. The summed E-state index contributed by atoms with van der Waals surface area (Å²) in [5, 5.41) is 5.55. The minimum atomic E-state index is -0.582. The number of rotatable bonds is 3. The van der Waals surface area contributed by atoms with Crippen LogP contribution in [-0.2, 0) is 9.59 Å². The average molecular weight is 306 g/mol. The van der Waals surface area contributed by atoms with Crippen LogP contribution >= 0.6 is 0 Å². The normalized spacial score (nSPS) is 16.2. The Morgan fingerprint density at radius 2 is 1.87 bits per heavy atom. The first-order chi connectivity index (χ1) is 11.2. The molecule has 2 N–H and O–H groups in total. The van der Waals surface area contributed by atoms with Crippen molar-refractivity contribution in [1.29, 1.82) is 0 Å². The van der Waals surface area contributed by atoms with E-state index in [0.717, 1.165) is 11.0 Å². The van der Waals surface area contributed by atoms with Crippen LogP contribution in [0.3, 0.4) is 0 Å². The van der Waals surface area contributed by atoms with Gasteiger partial charge in [-0.05, 0) is 24.3 Å². The van der Waals surface area contributed by atoms with E-state index in [0.29, 0.717) is 11.6 Å². The average Bonchev–Trinajstić information content (AvgIpc) is 3.04. The number of carbonyl (C=O) groups excluding carboxylic acids is 2. The van der Waals surface area contributed by atoms with Crippen LogP contribution in [0, 0.1) is 0 Å². The quantitative estimate of drug-likeness (QED) is 0.781. The van der Waals surface area contributed by atoms with Gasteiger partial charge < -0.3 is 5.32 Å². The van der Waals surface area contributed by atoms with Crippen molar-refractivity contribution >= 4 is 34.5 Å². The third-order valence-electron chi connectivity index (χ3n) is 3.88. The number of fused-ring (bicyclic) bond motifs is 3. The van der Waals surface area contributed by atoms with Gasteiger partial charge in [-0.15, -0.1) is 0 Å². The van der Waals surface area contributed by atoms with Crippen LogP contribution in [0.15, 0.2) is 54.6 Å². The van der Waals surface area contributed by atoms with E-state index in [4.69, 9.17) is 0 Å². The molecule has 0 radical (unpaired) electrons. The van der Waals surface area contributed by atoms with Gasteiger partial charge >= 0.3 is 0 Å². The summed E-state index contributed by atoms with van der Waals surface area (Å²) < 4.78 is 1.79.